The summed E-state index contributed by atoms with van der Waals surface area (Å²) in [6.07, 6.45) is 1.12. The second-order valence-electron chi connectivity index (χ2n) is 10.0. The Morgan fingerprint density at radius 2 is 1.66 bits per heavy atom. The normalized spacial score (nSPS) is 18.9. The molecule has 0 aliphatic carbocycles. The molecule has 0 spiro atoms. The minimum Gasteiger partial charge on any atom is -0.378 e. The number of carbonyl (C=O) groups excluding carboxylic acids is 1. The molecule has 2 heterocycles. The highest BCUT2D eigenvalue weighted by molar-refractivity contribution is 7.89. The maximum absolute atomic E-state index is 13.6. The summed E-state index contributed by atoms with van der Waals surface area (Å²) < 4.78 is 32.1. The number of hydrogen-bond donors (Lipinski definition) is 0. The van der Waals surface area contributed by atoms with E-state index >= 15 is 0 Å². The molecule has 8 nitrogen and oxygen atoms in total. The lowest BCUT2D eigenvalue weighted by atomic mass is 9.92. The Morgan fingerprint density at radius 1 is 1.03 bits per heavy atom. The number of anilines is 1. The molecule has 0 saturated carbocycles. The number of hydrogen-bond acceptors (Lipinski definition) is 6. The molecule has 0 N–H and O–H groups in total. The van der Waals surface area contributed by atoms with Crippen molar-refractivity contribution in [2.45, 2.75) is 32.1 Å². The molecule has 2 saturated heterocycles. The van der Waals surface area contributed by atoms with E-state index in [2.05, 4.69) is 30.6 Å². The van der Waals surface area contributed by atoms with Gasteiger partial charge in [0.05, 0.1) is 23.7 Å². The molecule has 0 unspecified atom stereocenters. The van der Waals surface area contributed by atoms with Crippen LogP contribution in [0.25, 0.3) is 0 Å². The summed E-state index contributed by atoms with van der Waals surface area (Å²) in [6, 6.07) is 4.92. The van der Waals surface area contributed by atoms with Gasteiger partial charge in [-0.15, -0.1) is 0 Å². The molecular formula is C23H38N4O4S. The van der Waals surface area contributed by atoms with Crippen molar-refractivity contribution in [3.8, 4) is 0 Å². The number of piperazine rings is 1. The smallest absolute Gasteiger partial charge is 0.256 e. The van der Waals surface area contributed by atoms with E-state index in [1.165, 1.54) is 18.4 Å². The van der Waals surface area contributed by atoms with E-state index in [9.17, 15) is 13.2 Å². The first-order valence-electron chi connectivity index (χ1n) is 11.4. The van der Waals surface area contributed by atoms with Gasteiger partial charge in [-0.3, -0.25) is 9.69 Å². The average Bonchev–Trinajstić information content (AvgIpc) is 2.77. The monoisotopic (exact) mass is 466 g/mol. The molecule has 1 aromatic carbocycles. The number of amides is 1. The first kappa shape index (κ1) is 25.0. The minimum absolute atomic E-state index is 0.0993. The number of morpholine rings is 1. The van der Waals surface area contributed by atoms with E-state index in [4.69, 9.17) is 4.74 Å². The molecule has 0 radical (unpaired) electrons. The molecule has 2 aliphatic rings. The van der Waals surface area contributed by atoms with Crippen molar-refractivity contribution in [3.05, 3.63) is 23.8 Å². The number of ether oxygens (including phenoxy) is 1. The lowest BCUT2D eigenvalue weighted by Gasteiger charge is -2.37. The molecule has 2 fully saturated rings. The van der Waals surface area contributed by atoms with Crippen molar-refractivity contribution >= 4 is 21.6 Å². The zero-order valence-electron chi connectivity index (χ0n) is 20.1. The van der Waals surface area contributed by atoms with Crippen LogP contribution in [0.4, 0.5) is 5.69 Å². The van der Waals surface area contributed by atoms with Crippen LogP contribution in [0.3, 0.4) is 0 Å². The molecule has 32 heavy (non-hydrogen) atoms. The second kappa shape index (κ2) is 10.1. The van der Waals surface area contributed by atoms with Gasteiger partial charge in [-0.25, -0.2) is 12.7 Å². The third-order valence-corrected chi connectivity index (χ3v) is 7.98. The Balaban J connectivity index is 1.82. The third kappa shape index (κ3) is 6.01. The minimum atomic E-state index is -3.63. The standard InChI is InChI=1S/C23H38N4O4S/c1-23(2,3)8-9-25-10-12-27(13-11-25)22(28)20-18-19(32(29,30)24(4)5)6-7-21(20)26-14-16-31-17-15-26/h6-7,18H,8-17H2,1-5H3. The van der Waals surface area contributed by atoms with Crippen LogP contribution in [-0.2, 0) is 14.8 Å². The molecule has 1 aromatic rings. The molecule has 2 aliphatic heterocycles. The van der Waals surface area contributed by atoms with E-state index < -0.39 is 10.0 Å². The van der Waals surface area contributed by atoms with Gasteiger partial charge in [-0.2, -0.15) is 0 Å². The van der Waals surface area contributed by atoms with Gasteiger partial charge in [0, 0.05) is 59.1 Å². The van der Waals surface area contributed by atoms with Gasteiger partial charge in [-0.1, -0.05) is 20.8 Å². The van der Waals surface area contributed by atoms with Gasteiger partial charge in [0.15, 0.2) is 0 Å². The first-order valence-corrected chi connectivity index (χ1v) is 12.8. The maximum Gasteiger partial charge on any atom is 0.256 e. The first-order chi connectivity index (χ1) is 15.0. The number of sulfonamides is 1. The van der Waals surface area contributed by atoms with Crippen LogP contribution in [0.15, 0.2) is 23.1 Å². The molecule has 3 rings (SSSR count). The zero-order chi connectivity index (χ0) is 23.5. The predicted octanol–water partition coefficient (Wildman–Crippen LogP) is 1.97. The SMILES string of the molecule is CN(C)S(=O)(=O)c1ccc(N2CCOCC2)c(C(=O)N2CCN(CCC(C)(C)C)CC2)c1. The number of carbonyl (C=O) groups is 1. The van der Waals surface area contributed by atoms with E-state index in [1.54, 1.807) is 18.2 Å². The maximum atomic E-state index is 13.6. The summed E-state index contributed by atoms with van der Waals surface area (Å²) in [5.41, 5.74) is 1.53. The van der Waals surface area contributed by atoms with Crippen molar-refractivity contribution in [2.24, 2.45) is 5.41 Å². The molecule has 0 aromatic heterocycles. The second-order valence-corrected chi connectivity index (χ2v) is 12.2. The zero-order valence-corrected chi connectivity index (χ0v) is 20.9. The number of nitrogens with zero attached hydrogens (tertiary/aromatic N) is 4. The summed E-state index contributed by atoms with van der Waals surface area (Å²) in [5, 5.41) is 0. The lowest BCUT2D eigenvalue weighted by Crippen LogP contribution is -2.49. The van der Waals surface area contributed by atoms with Crippen LogP contribution in [0, 0.1) is 5.41 Å². The Hall–Kier alpha value is -1.68. The predicted molar refractivity (Wildman–Crippen MR) is 127 cm³/mol. The van der Waals surface area contributed by atoms with Crippen molar-refractivity contribution in [2.75, 3.05) is 78.0 Å². The van der Waals surface area contributed by atoms with Crippen LogP contribution in [-0.4, -0.2) is 102 Å². The Kier molecular flexibility index (Phi) is 7.85. The van der Waals surface area contributed by atoms with Crippen LogP contribution < -0.4 is 4.90 Å². The van der Waals surface area contributed by atoms with Crippen LogP contribution >= 0.6 is 0 Å². The highest BCUT2D eigenvalue weighted by Gasteiger charge is 2.29. The van der Waals surface area contributed by atoms with Crippen molar-refractivity contribution in [3.63, 3.8) is 0 Å². The van der Waals surface area contributed by atoms with Gasteiger partial charge in [0.2, 0.25) is 10.0 Å². The van der Waals surface area contributed by atoms with Gasteiger partial charge in [0.25, 0.3) is 5.91 Å². The highest BCUT2D eigenvalue weighted by atomic mass is 32.2. The fraction of sp³-hybridized carbons (Fsp3) is 0.696. The van der Waals surface area contributed by atoms with Crippen LogP contribution in [0.1, 0.15) is 37.6 Å². The Bertz CT molecular complexity index is 897. The average molecular weight is 467 g/mol. The summed E-state index contributed by atoms with van der Waals surface area (Å²) in [6.45, 7) is 13.3. The quantitative estimate of drug-likeness (QED) is 0.638. The van der Waals surface area contributed by atoms with Crippen molar-refractivity contribution in [1.82, 2.24) is 14.1 Å². The van der Waals surface area contributed by atoms with Gasteiger partial charge in [0.1, 0.15) is 0 Å². The fourth-order valence-electron chi connectivity index (χ4n) is 3.98. The fourth-order valence-corrected chi connectivity index (χ4v) is 4.90. The molecule has 180 valence electrons. The van der Waals surface area contributed by atoms with Crippen LogP contribution in [0.5, 0.6) is 0 Å². The Morgan fingerprint density at radius 3 is 2.22 bits per heavy atom. The third-order valence-electron chi connectivity index (χ3n) is 6.17. The van der Waals surface area contributed by atoms with Gasteiger partial charge >= 0.3 is 0 Å². The number of rotatable bonds is 6. The van der Waals surface area contributed by atoms with E-state index in [-0.39, 0.29) is 10.8 Å². The number of benzene rings is 1. The van der Waals surface area contributed by atoms with Gasteiger partial charge in [-0.05, 0) is 36.6 Å². The topological polar surface area (TPSA) is 73.4 Å². The summed E-state index contributed by atoms with van der Waals surface area (Å²) in [7, 11) is -0.623. The molecular weight excluding hydrogens is 428 g/mol. The van der Waals surface area contributed by atoms with Crippen LogP contribution in [0.2, 0.25) is 0 Å². The summed E-state index contributed by atoms with van der Waals surface area (Å²) >= 11 is 0. The van der Waals surface area contributed by atoms with E-state index in [1.807, 2.05) is 4.90 Å². The molecule has 0 bridgehead atoms. The van der Waals surface area contributed by atoms with Gasteiger partial charge < -0.3 is 14.5 Å². The Labute approximate surface area is 193 Å². The van der Waals surface area contributed by atoms with Crippen molar-refractivity contribution < 1.29 is 17.9 Å². The highest BCUT2D eigenvalue weighted by Crippen LogP contribution is 2.28. The molecule has 0 atom stereocenters. The summed E-state index contributed by atoms with van der Waals surface area (Å²) in [4.78, 5) is 20.1. The largest absolute Gasteiger partial charge is 0.378 e. The van der Waals surface area contributed by atoms with E-state index in [0.29, 0.717) is 50.4 Å². The summed E-state index contributed by atoms with van der Waals surface area (Å²) in [5.74, 6) is -0.0993. The molecule has 9 heteroatoms. The molecule has 1 amide bonds. The van der Waals surface area contributed by atoms with E-state index in [0.717, 1.165) is 31.7 Å². The van der Waals surface area contributed by atoms with Crippen molar-refractivity contribution in [1.29, 1.82) is 0 Å². The lowest BCUT2D eigenvalue weighted by molar-refractivity contribution is 0.0623.